The summed E-state index contributed by atoms with van der Waals surface area (Å²) in [4.78, 5) is 19.7. The number of aryl methyl sites for hydroxylation is 1. The van der Waals surface area contributed by atoms with Crippen molar-refractivity contribution >= 4 is 17.4 Å². The molecule has 1 aromatic carbocycles. The molecule has 0 atom stereocenters. The average Bonchev–Trinajstić information content (AvgIpc) is 2.92. The summed E-state index contributed by atoms with van der Waals surface area (Å²) in [5.41, 5.74) is 3.50. The number of aromatic amines is 1. The first-order valence-corrected chi connectivity index (χ1v) is 7.55. The highest BCUT2D eigenvalue weighted by Gasteiger charge is 2.11. The van der Waals surface area contributed by atoms with E-state index in [1.807, 2.05) is 6.07 Å². The Bertz CT molecular complexity index is 821. The lowest BCUT2D eigenvalue weighted by Crippen LogP contribution is -2.17. The van der Waals surface area contributed by atoms with Crippen LogP contribution in [-0.2, 0) is 6.42 Å². The van der Waals surface area contributed by atoms with Crippen molar-refractivity contribution in [2.75, 3.05) is 6.26 Å². The summed E-state index contributed by atoms with van der Waals surface area (Å²) in [6, 6.07) is 6.30. The van der Waals surface area contributed by atoms with Crippen LogP contribution in [0.1, 0.15) is 12.5 Å². The Morgan fingerprint density at radius 1 is 1.40 bits per heavy atom. The third-order valence-corrected chi connectivity index (χ3v) is 4.12. The maximum Gasteiger partial charge on any atom is 0.349 e. The van der Waals surface area contributed by atoms with E-state index in [1.54, 1.807) is 18.0 Å². The largest absolute Gasteiger partial charge is 0.349 e. The third kappa shape index (κ3) is 2.02. The van der Waals surface area contributed by atoms with Gasteiger partial charge in [0.25, 0.3) is 0 Å². The van der Waals surface area contributed by atoms with Gasteiger partial charge >= 0.3 is 5.69 Å². The lowest BCUT2D eigenvalue weighted by molar-refractivity contribution is 0.840. The second kappa shape index (κ2) is 5.13. The second-order valence-electron chi connectivity index (χ2n) is 4.38. The minimum atomic E-state index is -0.280. The smallest absolute Gasteiger partial charge is 0.296 e. The van der Waals surface area contributed by atoms with Crippen LogP contribution in [0, 0.1) is 0 Å². The van der Waals surface area contributed by atoms with Gasteiger partial charge in [-0.05, 0) is 35.9 Å². The molecule has 20 heavy (non-hydrogen) atoms. The van der Waals surface area contributed by atoms with Gasteiger partial charge in [-0.25, -0.2) is 9.78 Å². The summed E-state index contributed by atoms with van der Waals surface area (Å²) in [5.74, 6) is 0. The molecule has 0 fully saturated rings. The summed E-state index contributed by atoms with van der Waals surface area (Å²) in [7, 11) is 0. The van der Waals surface area contributed by atoms with Gasteiger partial charge in [-0.15, -0.1) is 11.8 Å². The molecule has 6 heteroatoms. The zero-order chi connectivity index (χ0) is 14.1. The minimum absolute atomic E-state index is 0.280. The fraction of sp³-hybridized carbons (Fsp3) is 0.214. The summed E-state index contributed by atoms with van der Waals surface area (Å²) < 4.78 is 1.28. The number of aromatic nitrogens is 4. The number of nitrogens with one attached hydrogen (secondary N) is 1. The number of fused-ring (bicyclic) bond motifs is 1. The molecule has 3 rings (SSSR count). The van der Waals surface area contributed by atoms with Gasteiger partial charge in [-0.1, -0.05) is 13.0 Å². The fourth-order valence-electron chi connectivity index (χ4n) is 2.25. The first-order chi connectivity index (χ1) is 9.74. The van der Waals surface area contributed by atoms with Gasteiger partial charge in [0, 0.05) is 10.5 Å². The van der Waals surface area contributed by atoms with Crippen LogP contribution in [0.15, 0.2) is 40.4 Å². The summed E-state index contributed by atoms with van der Waals surface area (Å²) >= 11 is 1.74. The lowest BCUT2D eigenvalue weighted by atomic mass is 10.0. The highest BCUT2D eigenvalue weighted by atomic mass is 32.2. The molecule has 0 unspecified atom stereocenters. The van der Waals surface area contributed by atoms with E-state index in [9.17, 15) is 4.79 Å². The number of nitrogens with zero attached hydrogens (tertiary/aromatic N) is 3. The molecule has 3 aromatic rings. The molecule has 0 radical (unpaired) electrons. The Kier molecular flexibility index (Phi) is 3.31. The molecule has 2 heterocycles. The Morgan fingerprint density at radius 3 is 3.00 bits per heavy atom. The SMILES string of the molecule is CCc1cc(-c2cnn3c(=O)[nH]cnc23)ccc1SC. The van der Waals surface area contributed by atoms with E-state index >= 15 is 0 Å². The molecule has 0 bridgehead atoms. The van der Waals surface area contributed by atoms with Crippen molar-refractivity contribution in [2.24, 2.45) is 0 Å². The molecule has 2 aromatic heterocycles. The molecule has 0 aliphatic heterocycles. The van der Waals surface area contributed by atoms with Gasteiger partial charge in [0.2, 0.25) is 0 Å². The van der Waals surface area contributed by atoms with Gasteiger partial charge < -0.3 is 0 Å². The lowest BCUT2D eigenvalue weighted by Gasteiger charge is -2.07. The predicted molar refractivity (Wildman–Crippen MR) is 80.2 cm³/mol. The van der Waals surface area contributed by atoms with Gasteiger partial charge in [0.1, 0.15) is 0 Å². The van der Waals surface area contributed by atoms with E-state index in [0.717, 1.165) is 17.5 Å². The van der Waals surface area contributed by atoms with Crippen LogP contribution in [0.4, 0.5) is 0 Å². The van der Waals surface area contributed by atoms with Crippen LogP contribution in [0.5, 0.6) is 0 Å². The normalized spacial score (nSPS) is 11.1. The van der Waals surface area contributed by atoms with Crippen molar-refractivity contribution in [1.82, 2.24) is 19.6 Å². The fourth-order valence-corrected chi connectivity index (χ4v) is 2.92. The molecule has 0 spiro atoms. The van der Waals surface area contributed by atoms with E-state index in [2.05, 4.69) is 40.4 Å². The van der Waals surface area contributed by atoms with E-state index < -0.39 is 0 Å². The topological polar surface area (TPSA) is 63.1 Å². The van der Waals surface area contributed by atoms with Gasteiger partial charge in [0.05, 0.1) is 12.5 Å². The number of H-pyrrole nitrogens is 1. The van der Waals surface area contributed by atoms with Crippen molar-refractivity contribution in [3.05, 3.63) is 46.8 Å². The molecule has 0 saturated heterocycles. The molecule has 0 aliphatic rings. The monoisotopic (exact) mass is 286 g/mol. The Morgan fingerprint density at radius 2 is 2.25 bits per heavy atom. The molecule has 1 N–H and O–H groups in total. The second-order valence-corrected chi connectivity index (χ2v) is 5.23. The third-order valence-electron chi connectivity index (χ3n) is 3.28. The standard InChI is InChI=1S/C14H14N4OS/c1-3-9-6-10(4-5-12(9)20-2)11-7-17-18-13(11)15-8-16-14(18)19/h4-8H,3H2,1-2H3,(H,15,16,19). The Balaban J connectivity index is 2.21. The van der Waals surface area contributed by atoms with E-state index in [4.69, 9.17) is 0 Å². The first kappa shape index (κ1) is 12.9. The molecule has 0 saturated carbocycles. The predicted octanol–water partition coefficient (Wildman–Crippen LogP) is 2.37. The van der Waals surface area contributed by atoms with E-state index in [1.165, 1.54) is 21.3 Å². The molecule has 0 aliphatic carbocycles. The van der Waals surface area contributed by atoms with Gasteiger partial charge in [-0.3, -0.25) is 4.98 Å². The highest BCUT2D eigenvalue weighted by Crippen LogP contribution is 2.28. The van der Waals surface area contributed by atoms with Crippen molar-refractivity contribution in [2.45, 2.75) is 18.2 Å². The van der Waals surface area contributed by atoms with Gasteiger partial charge in [-0.2, -0.15) is 9.61 Å². The number of hydrogen-bond acceptors (Lipinski definition) is 4. The van der Waals surface area contributed by atoms with E-state index in [-0.39, 0.29) is 5.69 Å². The molecule has 0 amide bonds. The zero-order valence-electron chi connectivity index (χ0n) is 11.3. The minimum Gasteiger partial charge on any atom is -0.296 e. The number of benzene rings is 1. The molecular formula is C14H14N4OS. The number of hydrogen-bond donors (Lipinski definition) is 1. The molecule has 5 nitrogen and oxygen atoms in total. The summed E-state index contributed by atoms with van der Waals surface area (Å²) in [6.45, 7) is 2.14. The number of rotatable bonds is 3. The van der Waals surface area contributed by atoms with Crippen LogP contribution < -0.4 is 5.69 Å². The van der Waals surface area contributed by atoms with Crippen LogP contribution in [0.3, 0.4) is 0 Å². The number of thioether (sulfide) groups is 1. The average molecular weight is 286 g/mol. The van der Waals surface area contributed by atoms with Crippen molar-refractivity contribution in [1.29, 1.82) is 0 Å². The van der Waals surface area contributed by atoms with Crippen molar-refractivity contribution < 1.29 is 0 Å². The first-order valence-electron chi connectivity index (χ1n) is 6.33. The maximum absolute atomic E-state index is 11.6. The summed E-state index contributed by atoms with van der Waals surface area (Å²) in [6.07, 6.45) is 6.13. The maximum atomic E-state index is 11.6. The van der Waals surface area contributed by atoms with Crippen molar-refractivity contribution in [3.63, 3.8) is 0 Å². The van der Waals surface area contributed by atoms with Gasteiger partial charge in [0.15, 0.2) is 5.65 Å². The zero-order valence-corrected chi connectivity index (χ0v) is 12.1. The quantitative estimate of drug-likeness (QED) is 0.751. The molecular weight excluding hydrogens is 272 g/mol. The van der Waals surface area contributed by atoms with E-state index in [0.29, 0.717) is 5.65 Å². The van der Waals surface area contributed by atoms with Crippen LogP contribution in [0.25, 0.3) is 16.8 Å². The Labute approximate surface area is 120 Å². The van der Waals surface area contributed by atoms with Crippen molar-refractivity contribution in [3.8, 4) is 11.1 Å². The molecule has 102 valence electrons. The Hall–Kier alpha value is -2.08. The van der Waals surface area contributed by atoms with Crippen LogP contribution in [0.2, 0.25) is 0 Å². The van der Waals surface area contributed by atoms with Crippen LogP contribution >= 0.6 is 11.8 Å². The summed E-state index contributed by atoms with van der Waals surface area (Å²) in [5, 5.41) is 4.10. The van der Waals surface area contributed by atoms with Crippen LogP contribution in [-0.4, -0.2) is 25.8 Å². The highest BCUT2D eigenvalue weighted by molar-refractivity contribution is 7.98.